The number of rotatable bonds is 2. The molecule has 0 bridgehead atoms. The first-order valence-electron chi connectivity index (χ1n) is 8.02. The quantitative estimate of drug-likeness (QED) is 0.675. The van der Waals surface area contributed by atoms with Gasteiger partial charge in [-0.15, -0.1) is 0 Å². The highest BCUT2D eigenvalue weighted by atomic mass is 16.4. The monoisotopic (exact) mass is 315 g/mol. The molecule has 2 aromatic rings. The van der Waals surface area contributed by atoms with E-state index < -0.39 is 5.41 Å². The molecular formula is C21H17NO2. The maximum Gasteiger partial charge on any atom is 0.164 e. The number of benzene rings is 2. The number of ketones is 1. The third-order valence-corrected chi connectivity index (χ3v) is 5.06. The van der Waals surface area contributed by atoms with E-state index in [4.69, 9.17) is 0 Å². The van der Waals surface area contributed by atoms with Gasteiger partial charge in [-0.3, -0.25) is 4.79 Å². The number of hydrogen-bond acceptors (Lipinski definition) is 3. The highest BCUT2D eigenvalue weighted by Gasteiger charge is 2.56. The van der Waals surface area contributed by atoms with Crippen LogP contribution in [0.25, 0.3) is 0 Å². The fraction of sp³-hybridized carbons (Fsp3) is 0.143. The molecule has 2 aliphatic rings. The lowest BCUT2D eigenvalue weighted by Crippen LogP contribution is -2.42. The Morgan fingerprint density at radius 3 is 2.08 bits per heavy atom. The van der Waals surface area contributed by atoms with E-state index in [1.165, 1.54) is 0 Å². The van der Waals surface area contributed by atoms with Crippen molar-refractivity contribution in [3.05, 3.63) is 95.6 Å². The van der Waals surface area contributed by atoms with Gasteiger partial charge >= 0.3 is 0 Å². The normalized spacial score (nSPS) is 23.2. The summed E-state index contributed by atoms with van der Waals surface area (Å²) < 4.78 is 0. The second kappa shape index (κ2) is 5.60. The van der Waals surface area contributed by atoms with Crippen molar-refractivity contribution in [2.45, 2.75) is 11.8 Å². The highest BCUT2D eigenvalue weighted by Crippen LogP contribution is 2.52. The minimum atomic E-state index is -0.759. The highest BCUT2D eigenvalue weighted by molar-refractivity contribution is 6.12. The zero-order valence-corrected chi connectivity index (χ0v) is 13.1. The summed E-state index contributed by atoms with van der Waals surface area (Å²) in [7, 11) is 0. The molecular weight excluding hydrogens is 298 g/mol. The van der Waals surface area contributed by atoms with Gasteiger partial charge in [0.25, 0.3) is 0 Å². The van der Waals surface area contributed by atoms with E-state index in [9.17, 15) is 10.0 Å². The second-order valence-corrected chi connectivity index (χ2v) is 6.20. The van der Waals surface area contributed by atoms with E-state index in [1.807, 2.05) is 66.7 Å². The summed E-state index contributed by atoms with van der Waals surface area (Å²) >= 11 is 0. The SMILES string of the molecule is O=C1C=CC=C2CC(=NO)C(c3ccccc3)(c3ccccc3)C12. The maximum absolute atomic E-state index is 12.8. The Bertz CT molecular complexity index is 824. The predicted molar refractivity (Wildman–Crippen MR) is 93.2 cm³/mol. The van der Waals surface area contributed by atoms with Gasteiger partial charge in [-0.05, 0) is 17.2 Å². The van der Waals surface area contributed by atoms with Gasteiger partial charge in [0.1, 0.15) is 0 Å². The smallest absolute Gasteiger partial charge is 0.164 e. The van der Waals surface area contributed by atoms with Gasteiger partial charge in [0.2, 0.25) is 0 Å². The lowest BCUT2D eigenvalue weighted by Gasteiger charge is -2.36. The Balaban J connectivity index is 2.07. The van der Waals surface area contributed by atoms with E-state index in [1.54, 1.807) is 12.2 Å². The van der Waals surface area contributed by atoms with E-state index in [2.05, 4.69) is 5.16 Å². The lowest BCUT2D eigenvalue weighted by atomic mass is 9.64. The zero-order valence-electron chi connectivity index (χ0n) is 13.1. The molecule has 4 rings (SSSR count). The van der Waals surface area contributed by atoms with Crippen molar-refractivity contribution in [3.63, 3.8) is 0 Å². The summed E-state index contributed by atoms with van der Waals surface area (Å²) in [5.41, 5.74) is 2.81. The predicted octanol–water partition coefficient (Wildman–Crippen LogP) is 3.89. The molecule has 0 aliphatic heterocycles. The molecule has 2 aliphatic carbocycles. The summed E-state index contributed by atoms with van der Waals surface area (Å²) in [6.07, 6.45) is 5.89. The van der Waals surface area contributed by atoms with Gasteiger partial charge in [0, 0.05) is 6.42 Å². The van der Waals surface area contributed by atoms with Crippen LogP contribution < -0.4 is 0 Å². The van der Waals surface area contributed by atoms with Crippen molar-refractivity contribution in [3.8, 4) is 0 Å². The van der Waals surface area contributed by atoms with Crippen LogP contribution in [0.2, 0.25) is 0 Å². The minimum absolute atomic E-state index is 0.0545. The Hall–Kier alpha value is -2.94. The van der Waals surface area contributed by atoms with Crippen LogP contribution in [0.1, 0.15) is 17.5 Å². The minimum Gasteiger partial charge on any atom is -0.411 e. The molecule has 1 atom stereocenters. The fourth-order valence-electron chi connectivity index (χ4n) is 4.14. The molecule has 0 saturated heterocycles. The molecule has 118 valence electrons. The van der Waals surface area contributed by atoms with Gasteiger partial charge in [-0.25, -0.2) is 0 Å². The van der Waals surface area contributed by atoms with Crippen molar-refractivity contribution >= 4 is 11.5 Å². The molecule has 3 nitrogen and oxygen atoms in total. The van der Waals surface area contributed by atoms with Crippen LogP contribution in [-0.2, 0) is 10.2 Å². The maximum atomic E-state index is 12.8. The van der Waals surface area contributed by atoms with Crippen LogP contribution in [0.4, 0.5) is 0 Å². The third kappa shape index (κ3) is 1.91. The molecule has 1 fully saturated rings. The first-order chi connectivity index (χ1) is 11.8. The summed E-state index contributed by atoms with van der Waals surface area (Å²) in [4.78, 5) is 12.8. The van der Waals surface area contributed by atoms with Gasteiger partial charge < -0.3 is 5.21 Å². The van der Waals surface area contributed by atoms with Crippen molar-refractivity contribution < 1.29 is 10.0 Å². The summed E-state index contributed by atoms with van der Waals surface area (Å²) in [6, 6.07) is 19.8. The van der Waals surface area contributed by atoms with Gasteiger partial charge in [0.05, 0.1) is 17.0 Å². The average Bonchev–Trinajstić information content (AvgIpc) is 3.00. The number of nitrogens with zero attached hydrogens (tertiary/aromatic N) is 1. The van der Waals surface area contributed by atoms with Crippen LogP contribution in [0.3, 0.4) is 0 Å². The number of carbonyl (C=O) groups excluding carboxylic acids is 1. The van der Waals surface area contributed by atoms with Crippen LogP contribution in [0.15, 0.2) is 89.6 Å². The average molecular weight is 315 g/mol. The van der Waals surface area contributed by atoms with Crippen LogP contribution >= 0.6 is 0 Å². The zero-order chi connectivity index (χ0) is 16.6. The number of allylic oxidation sites excluding steroid dienone is 4. The Morgan fingerprint density at radius 2 is 1.54 bits per heavy atom. The molecule has 0 heterocycles. The lowest BCUT2D eigenvalue weighted by molar-refractivity contribution is -0.117. The largest absolute Gasteiger partial charge is 0.411 e. The molecule has 0 aromatic heterocycles. The first kappa shape index (κ1) is 14.6. The molecule has 0 radical (unpaired) electrons. The van der Waals surface area contributed by atoms with Crippen LogP contribution in [0, 0.1) is 5.92 Å². The summed E-state index contributed by atoms with van der Waals surface area (Å²) in [6.45, 7) is 0. The van der Waals surface area contributed by atoms with E-state index >= 15 is 0 Å². The Morgan fingerprint density at radius 1 is 0.958 bits per heavy atom. The molecule has 1 N–H and O–H groups in total. The van der Waals surface area contributed by atoms with Crippen molar-refractivity contribution in [2.24, 2.45) is 11.1 Å². The molecule has 0 spiro atoms. The van der Waals surface area contributed by atoms with Crippen LogP contribution in [0.5, 0.6) is 0 Å². The molecule has 24 heavy (non-hydrogen) atoms. The van der Waals surface area contributed by atoms with E-state index in [-0.39, 0.29) is 11.7 Å². The van der Waals surface area contributed by atoms with E-state index in [0.717, 1.165) is 16.7 Å². The summed E-state index contributed by atoms with van der Waals surface area (Å²) in [5, 5.41) is 13.4. The molecule has 2 aromatic carbocycles. The van der Waals surface area contributed by atoms with Crippen LogP contribution in [-0.4, -0.2) is 16.7 Å². The Kier molecular flexibility index (Phi) is 3.42. The van der Waals surface area contributed by atoms with Gasteiger partial charge in [0.15, 0.2) is 5.78 Å². The Labute approximate surface area is 140 Å². The first-order valence-corrected chi connectivity index (χ1v) is 8.02. The topological polar surface area (TPSA) is 49.7 Å². The van der Waals surface area contributed by atoms with Crippen molar-refractivity contribution in [1.82, 2.24) is 0 Å². The van der Waals surface area contributed by atoms with Gasteiger partial charge in [-0.1, -0.05) is 83.5 Å². The second-order valence-electron chi connectivity index (χ2n) is 6.20. The third-order valence-electron chi connectivity index (χ3n) is 5.06. The number of hydrogen-bond donors (Lipinski definition) is 1. The molecule has 1 saturated carbocycles. The molecule has 3 heteroatoms. The van der Waals surface area contributed by atoms with Crippen molar-refractivity contribution in [1.29, 1.82) is 0 Å². The number of oxime groups is 1. The standard InChI is InChI=1S/C21H17NO2/c23-18-13-7-8-15-14-19(22-24)21(20(15)18,16-9-3-1-4-10-16)17-11-5-2-6-12-17/h1-13,20,24H,14H2. The van der Waals surface area contributed by atoms with Crippen molar-refractivity contribution in [2.75, 3.05) is 0 Å². The van der Waals surface area contributed by atoms with E-state index in [0.29, 0.717) is 12.1 Å². The molecule has 0 amide bonds. The number of carbonyl (C=O) groups is 1. The number of fused-ring (bicyclic) bond motifs is 1. The summed E-state index contributed by atoms with van der Waals surface area (Å²) in [5.74, 6) is -0.308. The van der Waals surface area contributed by atoms with Gasteiger partial charge in [-0.2, -0.15) is 0 Å². The molecule has 1 unspecified atom stereocenters. The fourth-order valence-corrected chi connectivity index (χ4v) is 4.14.